The Morgan fingerprint density at radius 1 is 1.50 bits per heavy atom. The van der Waals surface area contributed by atoms with Gasteiger partial charge in [0.15, 0.2) is 0 Å². The number of amidine groups is 1. The molecule has 3 N–H and O–H groups in total. The molecule has 1 heterocycles. The smallest absolute Gasteiger partial charge is 0.138 e. The van der Waals surface area contributed by atoms with Crippen LogP contribution in [0.25, 0.3) is 11.0 Å². The Labute approximate surface area is 93.8 Å². The Morgan fingerprint density at radius 3 is 2.88 bits per heavy atom. The fourth-order valence-corrected chi connectivity index (χ4v) is 2.66. The maximum absolute atomic E-state index is 7.79. The van der Waals surface area contributed by atoms with Crippen LogP contribution >= 0.6 is 0 Å². The first-order valence-electron chi connectivity index (χ1n) is 5.47. The van der Waals surface area contributed by atoms with Crippen LogP contribution in [0.2, 0.25) is 0 Å². The summed E-state index contributed by atoms with van der Waals surface area (Å²) in [5.41, 5.74) is 7.42. The molecule has 1 aliphatic carbocycles. The molecule has 1 fully saturated rings. The largest absolute Gasteiger partial charge is 0.464 e. The molecule has 0 saturated heterocycles. The third-order valence-electron chi connectivity index (χ3n) is 3.75. The Balaban J connectivity index is 2.26. The number of fused-ring (bicyclic) bond motifs is 1. The maximum atomic E-state index is 7.79. The summed E-state index contributed by atoms with van der Waals surface area (Å²) in [6.07, 6.45) is 2.64. The number of benzene rings is 1. The summed E-state index contributed by atoms with van der Waals surface area (Å²) in [6, 6.07) is 7.99. The average Bonchev–Trinajstić information content (AvgIpc) is 2.75. The van der Waals surface area contributed by atoms with Crippen LogP contribution in [0, 0.1) is 11.3 Å². The zero-order valence-electron chi connectivity index (χ0n) is 9.16. The summed E-state index contributed by atoms with van der Waals surface area (Å²) >= 11 is 0. The van der Waals surface area contributed by atoms with Crippen molar-refractivity contribution in [2.24, 2.45) is 11.7 Å². The first-order valence-corrected chi connectivity index (χ1v) is 5.47. The molecular weight excluding hydrogens is 200 g/mol. The number of furan rings is 1. The summed E-state index contributed by atoms with van der Waals surface area (Å²) < 4.78 is 5.52. The van der Waals surface area contributed by atoms with Gasteiger partial charge >= 0.3 is 0 Å². The van der Waals surface area contributed by atoms with Crippen LogP contribution < -0.4 is 5.73 Å². The number of hydrogen-bond acceptors (Lipinski definition) is 2. The lowest BCUT2D eigenvalue weighted by Crippen LogP contribution is -2.29. The van der Waals surface area contributed by atoms with Gasteiger partial charge in [-0.25, -0.2) is 0 Å². The second-order valence-corrected chi connectivity index (χ2v) is 4.63. The summed E-state index contributed by atoms with van der Waals surface area (Å²) in [7, 11) is 0. The van der Waals surface area contributed by atoms with E-state index in [1.807, 2.05) is 24.3 Å². The van der Waals surface area contributed by atoms with E-state index in [1.54, 1.807) is 6.26 Å². The van der Waals surface area contributed by atoms with Crippen LogP contribution in [0.5, 0.6) is 0 Å². The van der Waals surface area contributed by atoms with Gasteiger partial charge in [-0.1, -0.05) is 25.1 Å². The predicted octanol–water partition coefficient (Wildman–Crippen LogP) is 2.65. The summed E-state index contributed by atoms with van der Waals surface area (Å²) in [5.74, 6) is 0.685. The van der Waals surface area contributed by atoms with E-state index in [4.69, 9.17) is 15.6 Å². The molecule has 1 aromatic carbocycles. The highest BCUT2D eigenvalue weighted by Crippen LogP contribution is 2.55. The van der Waals surface area contributed by atoms with Gasteiger partial charge in [0.2, 0.25) is 0 Å². The second kappa shape index (κ2) is 2.88. The van der Waals surface area contributed by atoms with Crippen molar-refractivity contribution in [1.29, 1.82) is 5.41 Å². The minimum absolute atomic E-state index is 0.254. The summed E-state index contributed by atoms with van der Waals surface area (Å²) in [5, 5.41) is 8.87. The molecule has 3 heteroatoms. The van der Waals surface area contributed by atoms with Crippen molar-refractivity contribution in [2.75, 3.05) is 0 Å². The molecule has 2 aromatic rings. The molecule has 0 spiro atoms. The van der Waals surface area contributed by atoms with E-state index in [1.165, 1.54) is 0 Å². The molecule has 2 atom stereocenters. The third-order valence-corrected chi connectivity index (χ3v) is 3.75. The molecule has 3 rings (SSSR count). The highest BCUT2D eigenvalue weighted by Gasteiger charge is 2.56. The highest BCUT2D eigenvalue weighted by molar-refractivity contribution is 5.97. The maximum Gasteiger partial charge on any atom is 0.138 e. The predicted molar refractivity (Wildman–Crippen MR) is 63.6 cm³/mol. The van der Waals surface area contributed by atoms with Gasteiger partial charge in [0.1, 0.15) is 11.4 Å². The first-order chi connectivity index (χ1) is 7.66. The molecular formula is C13H14N2O. The Hall–Kier alpha value is -1.77. The van der Waals surface area contributed by atoms with Gasteiger partial charge in [0, 0.05) is 10.9 Å². The molecule has 2 unspecified atom stereocenters. The van der Waals surface area contributed by atoms with Crippen LogP contribution in [0.3, 0.4) is 0 Å². The van der Waals surface area contributed by atoms with Crippen molar-refractivity contribution in [3.63, 3.8) is 0 Å². The van der Waals surface area contributed by atoms with Gasteiger partial charge in [-0.15, -0.1) is 0 Å². The summed E-state index contributed by atoms with van der Waals surface area (Å²) in [4.78, 5) is 0. The van der Waals surface area contributed by atoms with Crippen molar-refractivity contribution >= 4 is 16.8 Å². The Kier molecular flexibility index (Phi) is 1.70. The molecule has 1 aromatic heterocycles. The second-order valence-electron chi connectivity index (χ2n) is 4.63. The Bertz CT molecular complexity index is 572. The molecule has 0 radical (unpaired) electrons. The monoisotopic (exact) mass is 214 g/mol. The van der Waals surface area contributed by atoms with E-state index >= 15 is 0 Å². The van der Waals surface area contributed by atoms with Gasteiger partial charge in [0.05, 0.1) is 11.7 Å². The van der Waals surface area contributed by atoms with Crippen LogP contribution in [0.15, 0.2) is 34.9 Å². The van der Waals surface area contributed by atoms with Crippen LogP contribution in [0.1, 0.15) is 18.9 Å². The lowest BCUT2D eigenvalue weighted by molar-refractivity contribution is 0.606. The van der Waals surface area contributed by atoms with Gasteiger partial charge < -0.3 is 10.2 Å². The quantitative estimate of drug-likeness (QED) is 0.596. The van der Waals surface area contributed by atoms with Crippen molar-refractivity contribution < 1.29 is 4.42 Å². The van der Waals surface area contributed by atoms with E-state index < -0.39 is 0 Å². The van der Waals surface area contributed by atoms with E-state index in [9.17, 15) is 0 Å². The van der Waals surface area contributed by atoms with E-state index in [0.717, 1.165) is 23.0 Å². The molecule has 0 bridgehead atoms. The van der Waals surface area contributed by atoms with Crippen molar-refractivity contribution in [1.82, 2.24) is 0 Å². The zero-order valence-corrected chi connectivity index (χ0v) is 9.16. The standard InChI is InChI=1S/C13H14N2O/c1-8-7-13(8,12(14)15)10-4-2-3-9-5-6-16-11(9)10/h2-6,8H,7H2,1H3,(H3,14,15). The fourth-order valence-electron chi connectivity index (χ4n) is 2.66. The normalized spacial score (nSPS) is 28.2. The zero-order chi connectivity index (χ0) is 11.3. The number of nitrogens with one attached hydrogen (secondary N) is 1. The molecule has 3 nitrogen and oxygen atoms in total. The fraction of sp³-hybridized carbons (Fsp3) is 0.308. The molecule has 1 aliphatic rings. The van der Waals surface area contributed by atoms with Crippen LogP contribution in [0.4, 0.5) is 0 Å². The van der Waals surface area contributed by atoms with Crippen LogP contribution in [-0.4, -0.2) is 5.84 Å². The Morgan fingerprint density at radius 2 is 2.25 bits per heavy atom. The van der Waals surface area contributed by atoms with Gasteiger partial charge in [-0.3, -0.25) is 5.41 Å². The lowest BCUT2D eigenvalue weighted by Gasteiger charge is -2.15. The summed E-state index contributed by atoms with van der Waals surface area (Å²) in [6.45, 7) is 2.13. The van der Waals surface area contributed by atoms with Crippen molar-refractivity contribution in [2.45, 2.75) is 18.8 Å². The van der Waals surface area contributed by atoms with E-state index in [-0.39, 0.29) is 11.3 Å². The van der Waals surface area contributed by atoms with Crippen LogP contribution in [-0.2, 0) is 5.41 Å². The van der Waals surface area contributed by atoms with Gasteiger partial charge in [-0.2, -0.15) is 0 Å². The number of para-hydroxylation sites is 1. The minimum Gasteiger partial charge on any atom is -0.464 e. The van der Waals surface area contributed by atoms with Crippen molar-refractivity contribution in [3.05, 3.63) is 36.1 Å². The lowest BCUT2D eigenvalue weighted by atomic mass is 9.91. The van der Waals surface area contributed by atoms with Gasteiger partial charge in [0.25, 0.3) is 0 Å². The first kappa shape index (κ1) is 9.46. The topological polar surface area (TPSA) is 63.0 Å². The highest BCUT2D eigenvalue weighted by atomic mass is 16.3. The number of rotatable bonds is 2. The molecule has 0 amide bonds. The van der Waals surface area contributed by atoms with E-state index in [2.05, 4.69) is 6.92 Å². The van der Waals surface area contributed by atoms with Gasteiger partial charge in [-0.05, 0) is 18.4 Å². The average molecular weight is 214 g/mol. The minimum atomic E-state index is -0.280. The molecule has 82 valence electrons. The number of nitrogens with two attached hydrogens (primary N) is 1. The van der Waals surface area contributed by atoms with E-state index in [0.29, 0.717) is 5.92 Å². The molecule has 1 saturated carbocycles. The molecule has 16 heavy (non-hydrogen) atoms. The number of hydrogen-bond donors (Lipinski definition) is 2. The molecule has 0 aliphatic heterocycles. The SMILES string of the molecule is CC1CC1(C(=N)N)c1cccc2ccoc12. The van der Waals surface area contributed by atoms with Crippen molar-refractivity contribution in [3.8, 4) is 0 Å². The third kappa shape index (κ3) is 1.00.